The minimum atomic E-state index is 0.572. The van der Waals surface area contributed by atoms with Gasteiger partial charge in [-0.25, -0.2) is 0 Å². The van der Waals surface area contributed by atoms with E-state index in [1.807, 2.05) is 25.1 Å². The summed E-state index contributed by atoms with van der Waals surface area (Å²) in [5.41, 5.74) is 11.5. The van der Waals surface area contributed by atoms with Gasteiger partial charge < -0.3 is 10.5 Å². The highest BCUT2D eigenvalue weighted by Gasteiger charge is 2.10. The third-order valence-corrected chi connectivity index (χ3v) is 4.56. The van der Waals surface area contributed by atoms with Crippen LogP contribution >= 0.6 is 0 Å². The summed E-state index contributed by atoms with van der Waals surface area (Å²) in [7, 11) is 1.69. The topological polar surface area (TPSA) is 51.4 Å². The molecule has 0 fully saturated rings. The van der Waals surface area contributed by atoms with E-state index in [4.69, 9.17) is 10.5 Å². The van der Waals surface area contributed by atoms with Crippen LogP contribution in [0, 0.1) is 6.92 Å². The summed E-state index contributed by atoms with van der Waals surface area (Å²) < 4.78 is 5.27. The van der Waals surface area contributed by atoms with Crippen LogP contribution in [0.3, 0.4) is 0 Å². The smallest absolute Gasteiger partial charge is 0.118 e. The molecule has 3 aromatic rings. The van der Waals surface area contributed by atoms with Crippen LogP contribution in [0.15, 0.2) is 66.7 Å². The fourth-order valence-corrected chi connectivity index (χ4v) is 3.11. The minimum absolute atomic E-state index is 0.572. The minimum Gasteiger partial charge on any atom is -0.497 e. The largest absolute Gasteiger partial charge is 0.497 e. The Morgan fingerprint density at radius 3 is 1.96 bits per heavy atom. The molecule has 0 saturated heterocycles. The first-order valence-electron chi connectivity index (χ1n) is 9.22. The van der Waals surface area contributed by atoms with Crippen molar-refractivity contribution >= 4 is 0 Å². The number of hydrogen-bond acceptors (Lipinski definition) is 4. The number of benzene rings is 2. The quantitative estimate of drug-likeness (QED) is 0.657. The average Bonchev–Trinajstić information content (AvgIpc) is 2.69. The third kappa shape index (κ3) is 5.64. The van der Waals surface area contributed by atoms with E-state index in [0.717, 1.165) is 42.3 Å². The van der Waals surface area contributed by atoms with Crippen molar-refractivity contribution < 1.29 is 4.74 Å². The van der Waals surface area contributed by atoms with Gasteiger partial charge in [-0.05, 0) is 47.9 Å². The maximum Gasteiger partial charge on any atom is 0.118 e. The van der Waals surface area contributed by atoms with E-state index in [1.165, 1.54) is 11.1 Å². The van der Waals surface area contributed by atoms with E-state index >= 15 is 0 Å². The summed E-state index contributed by atoms with van der Waals surface area (Å²) in [4.78, 5) is 7.08. The van der Waals surface area contributed by atoms with E-state index < -0.39 is 0 Å². The Kier molecular flexibility index (Phi) is 6.58. The van der Waals surface area contributed by atoms with E-state index in [9.17, 15) is 0 Å². The van der Waals surface area contributed by atoms with Gasteiger partial charge in [0.05, 0.1) is 12.8 Å². The molecule has 0 spiro atoms. The molecule has 4 nitrogen and oxygen atoms in total. The lowest BCUT2D eigenvalue weighted by Gasteiger charge is -2.23. The molecule has 3 rings (SSSR count). The molecular weight excluding hydrogens is 334 g/mol. The van der Waals surface area contributed by atoms with Crippen LogP contribution in [-0.2, 0) is 26.2 Å². The summed E-state index contributed by atoms with van der Waals surface area (Å²) in [5.74, 6) is 0.878. The predicted molar refractivity (Wildman–Crippen MR) is 109 cm³/mol. The Morgan fingerprint density at radius 2 is 1.41 bits per heavy atom. The van der Waals surface area contributed by atoms with Gasteiger partial charge in [-0.3, -0.25) is 9.88 Å². The molecule has 0 unspecified atom stereocenters. The normalized spacial score (nSPS) is 11.0. The molecule has 0 bridgehead atoms. The van der Waals surface area contributed by atoms with Crippen molar-refractivity contribution in [3.05, 3.63) is 94.8 Å². The van der Waals surface area contributed by atoms with Gasteiger partial charge >= 0.3 is 0 Å². The number of methoxy groups -OCH3 is 1. The predicted octanol–water partition coefficient (Wildman–Crippen LogP) is 4.06. The van der Waals surface area contributed by atoms with Crippen molar-refractivity contribution in [3.8, 4) is 5.75 Å². The summed E-state index contributed by atoms with van der Waals surface area (Å²) >= 11 is 0. The van der Waals surface area contributed by atoms with Crippen molar-refractivity contribution in [2.24, 2.45) is 5.73 Å². The second-order valence-electron chi connectivity index (χ2n) is 6.78. The molecule has 4 heteroatoms. The molecule has 2 N–H and O–H groups in total. The van der Waals surface area contributed by atoms with Gasteiger partial charge in [0.1, 0.15) is 5.75 Å². The van der Waals surface area contributed by atoms with E-state index in [1.54, 1.807) is 7.11 Å². The number of rotatable bonds is 8. The zero-order valence-electron chi connectivity index (χ0n) is 16.1. The molecule has 0 amide bonds. The van der Waals surface area contributed by atoms with Crippen LogP contribution in [0.25, 0.3) is 0 Å². The highest BCUT2D eigenvalue weighted by molar-refractivity contribution is 5.27. The highest BCUT2D eigenvalue weighted by Crippen LogP contribution is 2.17. The fourth-order valence-electron chi connectivity index (χ4n) is 3.11. The molecule has 0 aliphatic heterocycles. The summed E-state index contributed by atoms with van der Waals surface area (Å²) in [5, 5.41) is 0. The molecule has 1 heterocycles. The molecule has 27 heavy (non-hydrogen) atoms. The number of nitrogens with two attached hydrogens (primary N) is 1. The van der Waals surface area contributed by atoms with Gasteiger partial charge in [0, 0.05) is 31.9 Å². The molecular formula is C23H27N3O. The van der Waals surface area contributed by atoms with Gasteiger partial charge in [0.15, 0.2) is 0 Å². The molecule has 140 valence electrons. The zero-order valence-corrected chi connectivity index (χ0v) is 16.1. The Labute approximate surface area is 161 Å². The number of aromatic nitrogens is 1. The van der Waals surface area contributed by atoms with Crippen LogP contribution in [0.5, 0.6) is 5.75 Å². The summed E-state index contributed by atoms with van der Waals surface area (Å²) in [6.07, 6.45) is 0. The van der Waals surface area contributed by atoms with Crippen LogP contribution in [0.2, 0.25) is 0 Å². The van der Waals surface area contributed by atoms with E-state index in [0.29, 0.717) is 6.54 Å². The maximum absolute atomic E-state index is 5.71. The molecule has 0 saturated carbocycles. The van der Waals surface area contributed by atoms with Crippen molar-refractivity contribution in [3.63, 3.8) is 0 Å². The third-order valence-electron chi connectivity index (χ3n) is 4.56. The van der Waals surface area contributed by atoms with Crippen LogP contribution in [-0.4, -0.2) is 17.0 Å². The van der Waals surface area contributed by atoms with Crippen molar-refractivity contribution in [1.29, 1.82) is 0 Å². The van der Waals surface area contributed by atoms with Crippen LogP contribution in [0.4, 0.5) is 0 Å². The van der Waals surface area contributed by atoms with Gasteiger partial charge in [-0.15, -0.1) is 0 Å². The lowest BCUT2D eigenvalue weighted by atomic mass is 10.1. The average molecular weight is 361 g/mol. The first-order valence-corrected chi connectivity index (χ1v) is 9.22. The van der Waals surface area contributed by atoms with Gasteiger partial charge in [-0.2, -0.15) is 0 Å². The van der Waals surface area contributed by atoms with Gasteiger partial charge in [-0.1, -0.05) is 42.5 Å². The Hall–Kier alpha value is -2.69. The van der Waals surface area contributed by atoms with Crippen molar-refractivity contribution in [1.82, 2.24) is 9.88 Å². The lowest BCUT2D eigenvalue weighted by molar-refractivity contribution is 0.244. The number of ether oxygens (including phenoxy) is 1. The Bertz CT molecular complexity index is 795. The van der Waals surface area contributed by atoms with Crippen molar-refractivity contribution in [2.45, 2.75) is 33.1 Å². The SMILES string of the molecule is COc1ccc(CN(Cc2ccc(CN)cc2)Cc2cccc(C)n2)cc1. The van der Waals surface area contributed by atoms with Crippen LogP contribution < -0.4 is 10.5 Å². The maximum atomic E-state index is 5.71. The first kappa shape index (κ1) is 19.1. The molecule has 0 aliphatic carbocycles. The molecule has 0 aliphatic rings. The molecule has 2 aromatic carbocycles. The van der Waals surface area contributed by atoms with Gasteiger partial charge in [0.2, 0.25) is 0 Å². The lowest BCUT2D eigenvalue weighted by Crippen LogP contribution is -2.23. The standard InChI is InChI=1S/C23H27N3O/c1-18-4-3-5-22(25-18)17-26(15-20-8-6-19(14-24)7-9-20)16-21-10-12-23(27-2)13-11-21/h3-13H,14-17,24H2,1-2H3. The second kappa shape index (κ2) is 9.31. The first-order chi connectivity index (χ1) is 13.2. The number of nitrogens with zero attached hydrogens (tertiary/aromatic N) is 2. The fraction of sp³-hybridized carbons (Fsp3) is 0.261. The molecule has 0 radical (unpaired) electrons. The Balaban J connectivity index is 1.77. The highest BCUT2D eigenvalue weighted by atomic mass is 16.5. The van der Waals surface area contributed by atoms with Crippen LogP contribution in [0.1, 0.15) is 28.1 Å². The summed E-state index contributed by atoms with van der Waals surface area (Å²) in [6.45, 7) is 5.10. The Morgan fingerprint density at radius 1 is 0.815 bits per heavy atom. The zero-order chi connectivity index (χ0) is 19.1. The van der Waals surface area contributed by atoms with E-state index in [2.05, 4.69) is 58.4 Å². The van der Waals surface area contributed by atoms with Crippen molar-refractivity contribution in [2.75, 3.05) is 7.11 Å². The molecule has 1 aromatic heterocycles. The van der Waals surface area contributed by atoms with Gasteiger partial charge in [0.25, 0.3) is 0 Å². The number of aryl methyl sites for hydroxylation is 1. The monoisotopic (exact) mass is 361 g/mol. The number of hydrogen-bond donors (Lipinski definition) is 1. The number of pyridine rings is 1. The second-order valence-corrected chi connectivity index (χ2v) is 6.78. The summed E-state index contributed by atoms with van der Waals surface area (Å²) in [6, 6.07) is 23.0. The van der Waals surface area contributed by atoms with E-state index in [-0.39, 0.29) is 0 Å². The molecule has 0 atom stereocenters.